The molecule has 0 saturated heterocycles. The van der Waals surface area contributed by atoms with Crippen molar-refractivity contribution in [1.82, 2.24) is 5.32 Å². The smallest absolute Gasteiger partial charge is 0.243 e. The van der Waals surface area contributed by atoms with Crippen LogP contribution in [0.1, 0.15) is 25.8 Å². The average Bonchev–Trinajstić information content (AvgIpc) is 2.36. The fourth-order valence-corrected chi connectivity index (χ4v) is 1.62. The maximum Gasteiger partial charge on any atom is 0.243 e. The fourth-order valence-electron chi connectivity index (χ4n) is 1.62. The number of hydrogen-bond donors (Lipinski definition) is 3. The molecule has 0 aliphatic rings. The first-order chi connectivity index (χ1) is 9.01. The summed E-state index contributed by atoms with van der Waals surface area (Å²) in [5.41, 5.74) is 7.39. The van der Waals surface area contributed by atoms with Crippen LogP contribution in [0, 0.1) is 0 Å². The van der Waals surface area contributed by atoms with Gasteiger partial charge in [-0.15, -0.1) is 0 Å². The highest BCUT2D eigenvalue weighted by molar-refractivity contribution is 5.94. The maximum absolute atomic E-state index is 11.6. The number of nitrogens with two attached hydrogens (primary N) is 1. The Labute approximate surface area is 113 Å². The second-order valence-electron chi connectivity index (χ2n) is 4.56. The Morgan fingerprint density at radius 1 is 1.32 bits per heavy atom. The Balaban J connectivity index is 2.40. The number of hydrogen-bond acceptors (Lipinski definition) is 3. The zero-order chi connectivity index (χ0) is 14.3. The Morgan fingerprint density at radius 3 is 2.68 bits per heavy atom. The zero-order valence-corrected chi connectivity index (χ0v) is 11.4. The van der Waals surface area contributed by atoms with Gasteiger partial charge in [0.1, 0.15) is 0 Å². The van der Waals surface area contributed by atoms with Crippen LogP contribution in [0.15, 0.2) is 24.3 Å². The van der Waals surface area contributed by atoms with Crippen molar-refractivity contribution < 1.29 is 9.59 Å². The molecule has 2 amide bonds. The summed E-state index contributed by atoms with van der Waals surface area (Å²) in [6, 6.07) is 7.43. The molecule has 0 radical (unpaired) electrons. The molecular weight excluding hydrogens is 242 g/mol. The standard InChI is InChI=1S/C14H21N3O2/c1-3-11-5-4-6-12(8-11)17-14(19)9-16-13(18)7-10(2)15/h4-6,8,10H,3,7,9,15H2,1-2H3,(H,16,18)(H,17,19). The van der Waals surface area contributed by atoms with Crippen molar-refractivity contribution in [3.8, 4) is 0 Å². The monoisotopic (exact) mass is 263 g/mol. The van der Waals surface area contributed by atoms with Crippen LogP contribution in [-0.4, -0.2) is 24.4 Å². The Hall–Kier alpha value is -1.88. The normalized spacial score (nSPS) is 11.7. The molecule has 104 valence electrons. The van der Waals surface area contributed by atoms with Gasteiger partial charge in [-0.2, -0.15) is 0 Å². The van der Waals surface area contributed by atoms with Crippen molar-refractivity contribution in [2.75, 3.05) is 11.9 Å². The van der Waals surface area contributed by atoms with Crippen LogP contribution >= 0.6 is 0 Å². The van der Waals surface area contributed by atoms with E-state index in [-0.39, 0.29) is 30.8 Å². The molecule has 5 heteroatoms. The highest BCUT2D eigenvalue weighted by atomic mass is 16.2. The number of aryl methyl sites for hydroxylation is 1. The average molecular weight is 263 g/mol. The molecular formula is C14H21N3O2. The third-order valence-electron chi connectivity index (χ3n) is 2.57. The lowest BCUT2D eigenvalue weighted by Crippen LogP contribution is -2.35. The van der Waals surface area contributed by atoms with E-state index in [1.807, 2.05) is 24.3 Å². The van der Waals surface area contributed by atoms with Gasteiger partial charge in [0.05, 0.1) is 6.54 Å². The van der Waals surface area contributed by atoms with Crippen molar-refractivity contribution >= 4 is 17.5 Å². The van der Waals surface area contributed by atoms with E-state index in [1.165, 1.54) is 0 Å². The van der Waals surface area contributed by atoms with Gasteiger partial charge in [-0.1, -0.05) is 19.1 Å². The largest absolute Gasteiger partial charge is 0.347 e. The van der Waals surface area contributed by atoms with Crippen LogP contribution in [0.3, 0.4) is 0 Å². The summed E-state index contributed by atoms with van der Waals surface area (Å²) in [5.74, 6) is -0.460. The summed E-state index contributed by atoms with van der Waals surface area (Å²) < 4.78 is 0. The predicted octanol–water partition coefficient (Wildman–Crippen LogP) is 1.04. The highest BCUT2D eigenvalue weighted by Crippen LogP contribution is 2.10. The molecule has 0 fully saturated rings. The van der Waals surface area contributed by atoms with Gasteiger partial charge >= 0.3 is 0 Å². The molecule has 1 atom stereocenters. The number of carbonyl (C=O) groups is 2. The van der Waals surface area contributed by atoms with Gasteiger partial charge in [-0.3, -0.25) is 9.59 Å². The SMILES string of the molecule is CCc1cccc(NC(=O)CNC(=O)CC(C)N)c1. The van der Waals surface area contributed by atoms with Crippen LogP contribution in [0.2, 0.25) is 0 Å². The molecule has 0 aromatic heterocycles. The molecule has 1 aromatic carbocycles. The number of carbonyl (C=O) groups excluding carboxylic acids is 2. The molecule has 1 unspecified atom stereocenters. The van der Waals surface area contributed by atoms with Gasteiger partial charge in [-0.05, 0) is 31.0 Å². The summed E-state index contributed by atoms with van der Waals surface area (Å²) in [6.45, 7) is 3.76. The minimum atomic E-state index is -0.244. The van der Waals surface area contributed by atoms with Crippen molar-refractivity contribution in [3.63, 3.8) is 0 Å². The summed E-state index contributed by atoms with van der Waals surface area (Å²) in [7, 11) is 0. The Kier molecular flexibility index (Phi) is 6.02. The zero-order valence-electron chi connectivity index (χ0n) is 11.4. The minimum absolute atomic E-state index is 0.0398. The maximum atomic E-state index is 11.6. The van der Waals surface area contributed by atoms with E-state index in [9.17, 15) is 9.59 Å². The van der Waals surface area contributed by atoms with Crippen molar-refractivity contribution in [2.45, 2.75) is 32.7 Å². The van der Waals surface area contributed by atoms with Crippen LogP contribution in [0.25, 0.3) is 0 Å². The Morgan fingerprint density at radius 2 is 2.05 bits per heavy atom. The molecule has 0 spiro atoms. The molecule has 0 bridgehead atoms. The molecule has 4 N–H and O–H groups in total. The van der Waals surface area contributed by atoms with Gasteiger partial charge in [0.2, 0.25) is 11.8 Å². The number of nitrogens with one attached hydrogen (secondary N) is 2. The Bertz CT molecular complexity index is 444. The van der Waals surface area contributed by atoms with Gasteiger partial charge < -0.3 is 16.4 Å². The summed E-state index contributed by atoms with van der Waals surface area (Å²) in [4.78, 5) is 23.0. The highest BCUT2D eigenvalue weighted by Gasteiger charge is 2.07. The van der Waals surface area contributed by atoms with Crippen LogP contribution in [-0.2, 0) is 16.0 Å². The van der Waals surface area contributed by atoms with Crippen molar-refractivity contribution in [2.24, 2.45) is 5.73 Å². The van der Waals surface area contributed by atoms with E-state index in [0.717, 1.165) is 17.7 Å². The third kappa shape index (κ3) is 6.01. The first kappa shape index (κ1) is 15.2. The number of benzene rings is 1. The molecule has 1 aromatic rings. The van der Waals surface area contributed by atoms with E-state index in [0.29, 0.717) is 0 Å². The van der Waals surface area contributed by atoms with E-state index in [2.05, 4.69) is 17.6 Å². The second-order valence-corrected chi connectivity index (χ2v) is 4.56. The van der Waals surface area contributed by atoms with E-state index in [1.54, 1.807) is 6.92 Å². The first-order valence-electron chi connectivity index (χ1n) is 6.42. The summed E-state index contributed by atoms with van der Waals surface area (Å²) >= 11 is 0. The second kappa shape index (κ2) is 7.53. The third-order valence-corrected chi connectivity index (χ3v) is 2.57. The first-order valence-corrected chi connectivity index (χ1v) is 6.42. The van der Waals surface area contributed by atoms with Crippen molar-refractivity contribution in [3.05, 3.63) is 29.8 Å². The molecule has 1 rings (SSSR count). The summed E-state index contributed by atoms with van der Waals surface area (Å²) in [5, 5.41) is 5.27. The van der Waals surface area contributed by atoms with Gasteiger partial charge in [0.15, 0.2) is 0 Å². The number of anilines is 1. The lowest BCUT2D eigenvalue weighted by Gasteiger charge is -2.09. The molecule has 0 aliphatic carbocycles. The lowest BCUT2D eigenvalue weighted by atomic mass is 10.1. The van der Waals surface area contributed by atoms with Gasteiger partial charge in [0.25, 0.3) is 0 Å². The van der Waals surface area contributed by atoms with E-state index >= 15 is 0 Å². The number of rotatable bonds is 6. The quantitative estimate of drug-likeness (QED) is 0.717. The predicted molar refractivity (Wildman–Crippen MR) is 75.7 cm³/mol. The van der Waals surface area contributed by atoms with E-state index < -0.39 is 0 Å². The minimum Gasteiger partial charge on any atom is -0.347 e. The molecule has 0 heterocycles. The molecule has 0 aliphatic heterocycles. The number of amides is 2. The van der Waals surface area contributed by atoms with Crippen LogP contribution in [0.5, 0.6) is 0 Å². The topological polar surface area (TPSA) is 84.2 Å². The van der Waals surface area contributed by atoms with Crippen molar-refractivity contribution in [1.29, 1.82) is 0 Å². The van der Waals surface area contributed by atoms with Crippen LogP contribution in [0.4, 0.5) is 5.69 Å². The van der Waals surface area contributed by atoms with E-state index in [4.69, 9.17) is 5.73 Å². The molecule has 5 nitrogen and oxygen atoms in total. The fraction of sp³-hybridized carbons (Fsp3) is 0.429. The van der Waals surface area contributed by atoms with Gasteiger partial charge in [-0.25, -0.2) is 0 Å². The molecule has 0 saturated carbocycles. The lowest BCUT2D eigenvalue weighted by molar-refractivity contribution is -0.124. The van der Waals surface area contributed by atoms with Crippen LogP contribution < -0.4 is 16.4 Å². The van der Waals surface area contributed by atoms with Gasteiger partial charge in [0, 0.05) is 18.2 Å². The molecule has 19 heavy (non-hydrogen) atoms. The summed E-state index contributed by atoms with van der Waals surface area (Å²) in [6.07, 6.45) is 1.13.